The molecule has 2 aliphatic rings. The van der Waals surface area contributed by atoms with Gasteiger partial charge in [0.05, 0.1) is 0 Å². The predicted octanol–water partition coefficient (Wildman–Crippen LogP) is 5.09. The Labute approximate surface area is 104 Å². The van der Waals surface area contributed by atoms with Crippen molar-refractivity contribution in [3.05, 3.63) is 0 Å². The summed E-state index contributed by atoms with van der Waals surface area (Å²) >= 11 is 0. The van der Waals surface area contributed by atoms with Crippen molar-refractivity contribution in [2.75, 3.05) is 12.3 Å². The molecule has 0 saturated carbocycles. The molecule has 0 amide bonds. The van der Waals surface area contributed by atoms with Gasteiger partial charge in [0, 0.05) is 0 Å². The highest BCUT2D eigenvalue weighted by Gasteiger charge is 2.33. The molecule has 2 saturated heterocycles. The Balaban J connectivity index is 1.82. The lowest BCUT2D eigenvalue weighted by molar-refractivity contribution is 0.777. The van der Waals surface area contributed by atoms with Gasteiger partial charge in [-0.1, -0.05) is 27.7 Å². The molecule has 5 atom stereocenters. The van der Waals surface area contributed by atoms with Crippen molar-refractivity contribution >= 4 is 15.8 Å². The quantitative estimate of drug-likeness (QED) is 0.618. The molecule has 16 heavy (non-hydrogen) atoms. The minimum absolute atomic E-state index is 0.394. The van der Waals surface area contributed by atoms with Crippen molar-refractivity contribution in [2.24, 2.45) is 0 Å². The molecule has 0 N–H and O–H groups in total. The van der Waals surface area contributed by atoms with E-state index in [1.807, 2.05) is 0 Å². The van der Waals surface area contributed by atoms with Crippen molar-refractivity contribution in [3.8, 4) is 0 Å². The Bertz CT molecular complexity index is 185. The third-order valence-corrected chi connectivity index (χ3v) is 12.3. The summed E-state index contributed by atoms with van der Waals surface area (Å²) in [5, 5.41) is 0. The minimum Gasteiger partial charge on any atom is -0.101 e. The average molecular weight is 258 g/mol. The lowest BCUT2D eigenvalue weighted by Crippen LogP contribution is -2.08. The van der Waals surface area contributed by atoms with Crippen molar-refractivity contribution in [3.63, 3.8) is 0 Å². The fourth-order valence-electron chi connectivity index (χ4n) is 3.61. The molecule has 0 radical (unpaired) electrons. The van der Waals surface area contributed by atoms with Gasteiger partial charge in [0.2, 0.25) is 0 Å². The van der Waals surface area contributed by atoms with E-state index in [2.05, 4.69) is 27.7 Å². The molecule has 2 fully saturated rings. The van der Waals surface area contributed by atoms with Crippen LogP contribution in [0.3, 0.4) is 0 Å². The van der Waals surface area contributed by atoms with Crippen LogP contribution in [0.1, 0.15) is 53.4 Å². The molecular weight excluding hydrogens is 230 g/mol. The maximum atomic E-state index is 2.52. The molecule has 0 aliphatic carbocycles. The van der Waals surface area contributed by atoms with E-state index in [0.29, 0.717) is 15.8 Å². The Kier molecular flexibility index (Phi) is 4.71. The molecule has 0 bridgehead atoms. The van der Waals surface area contributed by atoms with Crippen LogP contribution in [0.4, 0.5) is 0 Å². The zero-order chi connectivity index (χ0) is 11.7. The second kappa shape index (κ2) is 5.67. The van der Waals surface area contributed by atoms with Gasteiger partial charge >= 0.3 is 0 Å². The monoisotopic (exact) mass is 258 g/mol. The van der Waals surface area contributed by atoms with Crippen molar-refractivity contribution < 1.29 is 0 Å². The molecule has 2 heterocycles. The van der Waals surface area contributed by atoms with Crippen LogP contribution in [0.5, 0.6) is 0 Å². The molecular formula is C14H28P2. The average Bonchev–Trinajstić information content (AvgIpc) is 2.72. The maximum absolute atomic E-state index is 2.52. The highest BCUT2D eigenvalue weighted by molar-refractivity contribution is 7.63. The maximum Gasteiger partial charge on any atom is -0.0235 e. The second-order valence-corrected chi connectivity index (χ2v) is 12.5. The first-order chi connectivity index (χ1) is 7.59. The van der Waals surface area contributed by atoms with Gasteiger partial charge in [-0.3, -0.25) is 0 Å². The molecule has 0 nitrogen and oxygen atoms in total. The van der Waals surface area contributed by atoms with Crippen LogP contribution >= 0.6 is 15.8 Å². The summed E-state index contributed by atoms with van der Waals surface area (Å²) in [7, 11) is 0.789. The van der Waals surface area contributed by atoms with E-state index in [-0.39, 0.29) is 0 Å². The van der Waals surface area contributed by atoms with E-state index in [1.165, 1.54) is 25.7 Å². The summed E-state index contributed by atoms with van der Waals surface area (Å²) in [5.41, 5.74) is 4.31. The van der Waals surface area contributed by atoms with Gasteiger partial charge in [-0.15, -0.1) is 15.8 Å². The van der Waals surface area contributed by atoms with Gasteiger partial charge < -0.3 is 0 Å². The van der Waals surface area contributed by atoms with Crippen molar-refractivity contribution in [2.45, 2.75) is 76.0 Å². The van der Waals surface area contributed by atoms with E-state index >= 15 is 0 Å². The van der Waals surface area contributed by atoms with Gasteiger partial charge in [-0.25, -0.2) is 0 Å². The van der Waals surface area contributed by atoms with Crippen LogP contribution in [-0.2, 0) is 0 Å². The highest BCUT2D eigenvalue weighted by atomic mass is 31.1. The van der Waals surface area contributed by atoms with E-state index in [0.717, 1.165) is 22.6 Å². The van der Waals surface area contributed by atoms with Crippen LogP contribution < -0.4 is 0 Å². The fraction of sp³-hybridized carbons (Fsp3) is 1.00. The van der Waals surface area contributed by atoms with Crippen LogP contribution in [0.25, 0.3) is 0 Å². The summed E-state index contributed by atoms with van der Waals surface area (Å²) in [6, 6.07) is 0. The lowest BCUT2D eigenvalue weighted by atomic mass is 10.2. The van der Waals surface area contributed by atoms with Crippen LogP contribution in [-0.4, -0.2) is 35.0 Å². The zero-order valence-corrected chi connectivity index (χ0v) is 13.2. The topological polar surface area (TPSA) is 0 Å². The number of hydrogen-bond donors (Lipinski definition) is 0. The Hall–Kier alpha value is 0.860. The van der Waals surface area contributed by atoms with Crippen LogP contribution in [0, 0.1) is 0 Å². The standard InChI is InChI=1S/C14H28P2/c1-11-5-6-12(2)15(11)9-10-16-13(3)7-8-14(16)4/h11-14H,5-10H2,1-4H3/t11-,12-,13-,14?,16?/m1/s1. The normalized spacial score (nSPS) is 45.4. The van der Waals surface area contributed by atoms with Gasteiger partial charge in [-0.05, 0) is 60.6 Å². The summed E-state index contributed by atoms with van der Waals surface area (Å²) in [6.45, 7) is 10.1. The van der Waals surface area contributed by atoms with Gasteiger partial charge in [0.1, 0.15) is 0 Å². The molecule has 2 unspecified atom stereocenters. The van der Waals surface area contributed by atoms with E-state index in [1.54, 1.807) is 12.3 Å². The summed E-state index contributed by atoms with van der Waals surface area (Å²) in [4.78, 5) is 0. The van der Waals surface area contributed by atoms with Gasteiger partial charge in [0.25, 0.3) is 0 Å². The summed E-state index contributed by atoms with van der Waals surface area (Å²) < 4.78 is 0. The van der Waals surface area contributed by atoms with E-state index < -0.39 is 0 Å². The van der Waals surface area contributed by atoms with Crippen LogP contribution in [0.15, 0.2) is 0 Å². The van der Waals surface area contributed by atoms with Gasteiger partial charge in [0.15, 0.2) is 0 Å². The second-order valence-electron chi connectivity index (χ2n) is 6.03. The number of rotatable bonds is 3. The first-order valence-corrected chi connectivity index (χ1v) is 10.4. The molecule has 2 heteroatoms. The molecule has 0 spiro atoms. The first-order valence-electron chi connectivity index (χ1n) is 7.11. The molecule has 0 aromatic carbocycles. The number of hydrogen-bond acceptors (Lipinski definition) is 0. The molecule has 0 aromatic heterocycles. The highest BCUT2D eigenvalue weighted by Crippen LogP contribution is 2.60. The smallest absolute Gasteiger partial charge is 0.0235 e. The van der Waals surface area contributed by atoms with Crippen LogP contribution in [0.2, 0.25) is 0 Å². The minimum atomic E-state index is 0.394. The van der Waals surface area contributed by atoms with E-state index in [4.69, 9.17) is 0 Å². The molecule has 0 aromatic rings. The predicted molar refractivity (Wildman–Crippen MR) is 79.9 cm³/mol. The SMILES string of the molecule is CC1CC[C@@H](C)P1CCP1[C@H](C)CC[C@H]1C. The lowest BCUT2D eigenvalue weighted by Gasteiger charge is -2.26. The Morgan fingerprint density at radius 2 is 0.875 bits per heavy atom. The summed E-state index contributed by atoms with van der Waals surface area (Å²) in [6.07, 6.45) is 9.31. The third kappa shape index (κ3) is 2.81. The molecule has 94 valence electrons. The fourth-order valence-corrected chi connectivity index (χ4v) is 10.9. The largest absolute Gasteiger partial charge is 0.101 e. The third-order valence-electron chi connectivity index (χ3n) is 4.89. The zero-order valence-electron chi connectivity index (χ0n) is 11.4. The van der Waals surface area contributed by atoms with Crippen molar-refractivity contribution in [1.29, 1.82) is 0 Å². The Morgan fingerprint density at radius 3 is 1.12 bits per heavy atom. The van der Waals surface area contributed by atoms with Crippen molar-refractivity contribution in [1.82, 2.24) is 0 Å². The van der Waals surface area contributed by atoms with Gasteiger partial charge in [-0.2, -0.15) is 0 Å². The molecule has 2 rings (SSSR count). The van der Waals surface area contributed by atoms with E-state index in [9.17, 15) is 0 Å². The summed E-state index contributed by atoms with van der Waals surface area (Å²) in [5.74, 6) is 0. The first kappa shape index (κ1) is 13.3. The Morgan fingerprint density at radius 1 is 0.625 bits per heavy atom. The molecule has 2 aliphatic heterocycles.